The van der Waals surface area contributed by atoms with E-state index in [1.807, 2.05) is 31.4 Å². The number of aryl methyl sites for hydroxylation is 1. The van der Waals surface area contributed by atoms with Crippen molar-refractivity contribution in [1.82, 2.24) is 25.0 Å². The first-order valence-corrected chi connectivity index (χ1v) is 8.50. The molecule has 1 N–H and O–H groups in total. The Balaban J connectivity index is 1.59. The molecular formula is C18H25N5O2. The minimum absolute atomic E-state index is 0.0626. The van der Waals surface area contributed by atoms with Gasteiger partial charge in [-0.1, -0.05) is 19.9 Å². The van der Waals surface area contributed by atoms with E-state index in [0.29, 0.717) is 26.2 Å². The number of rotatable bonds is 4. The standard InChI is InChI=1S/C18H25N5O2/c1-18(2,14-5-4-7-19-11-14)13-20-17(24)23-9-10-25-16(12-23)15-6-8-21-22(15)3/h4-8,11,16H,9-10,12-13H2,1-3H3,(H,20,24). The Labute approximate surface area is 148 Å². The molecule has 1 aliphatic rings. The number of aromatic nitrogens is 3. The summed E-state index contributed by atoms with van der Waals surface area (Å²) in [6.45, 7) is 6.39. The Kier molecular flexibility index (Phi) is 5.03. The molecule has 0 spiro atoms. The van der Waals surface area contributed by atoms with Gasteiger partial charge in [0.15, 0.2) is 0 Å². The van der Waals surface area contributed by atoms with Crippen LogP contribution in [0, 0.1) is 0 Å². The second kappa shape index (κ2) is 7.23. The van der Waals surface area contributed by atoms with Crippen molar-refractivity contribution in [3.05, 3.63) is 48.0 Å². The minimum Gasteiger partial charge on any atom is -0.368 e. The molecule has 0 bridgehead atoms. The summed E-state index contributed by atoms with van der Waals surface area (Å²) in [5, 5.41) is 7.23. The fourth-order valence-corrected chi connectivity index (χ4v) is 2.99. The van der Waals surface area contributed by atoms with Crippen LogP contribution in [0.1, 0.15) is 31.2 Å². The number of pyridine rings is 1. The first kappa shape index (κ1) is 17.4. The number of amides is 2. The second-order valence-electron chi connectivity index (χ2n) is 6.97. The molecule has 7 nitrogen and oxygen atoms in total. The molecule has 1 fully saturated rings. The van der Waals surface area contributed by atoms with Crippen molar-refractivity contribution in [2.75, 3.05) is 26.2 Å². The Morgan fingerprint density at radius 3 is 2.92 bits per heavy atom. The molecule has 1 atom stereocenters. The summed E-state index contributed by atoms with van der Waals surface area (Å²) in [5.74, 6) is 0. The Morgan fingerprint density at radius 1 is 1.40 bits per heavy atom. The van der Waals surface area contributed by atoms with Crippen LogP contribution in [-0.4, -0.2) is 51.9 Å². The SMILES string of the molecule is Cn1nccc1C1CN(C(=O)NCC(C)(C)c2cccnc2)CCO1. The van der Waals surface area contributed by atoms with Gasteiger partial charge < -0.3 is 15.0 Å². The van der Waals surface area contributed by atoms with Gasteiger partial charge in [0, 0.05) is 44.1 Å². The van der Waals surface area contributed by atoms with Crippen LogP contribution in [0.4, 0.5) is 4.79 Å². The molecule has 0 radical (unpaired) electrons. The summed E-state index contributed by atoms with van der Waals surface area (Å²) in [6, 6.07) is 5.82. The van der Waals surface area contributed by atoms with Crippen LogP contribution in [0.25, 0.3) is 0 Å². The van der Waals surface area contributed by atoms with Crippen LogP contribution >= 0.6 is 0 Å². The average Bonchev–Trinajstić information content (AvgIpc) is 3.06. The lowest BCUT2D eigenvalue weighted by atomic mass is 9.86. The van der Waals surface area contributed by atoms with E-state index in [0.717, 1.165) is 11.3 Å². The molecule has 7 heteroatoms. The van der Waals surface area contributed by atoms with Gasteiger partial charge in [-0.25, -0.2) is 4.79 Å². The number of hydrogen-bond donors (Lipinski definition) is 1. The van der Waals surface area contributed by atoms with Crippen molar-refractivity contribution in [3.8, 4) is 0 Å². The molecule has 1 saturated heterocycles. The highest BCUT2D eigenvalue weighted by Gasteiger charge is 2.28. The lowest BCUT2D eigenvalue weighted by Gasteiger charge is -2.34. The highest BCUT2D eigenvalue weighted by molar-refractivity contribution is 5.74. The summed E-state index contributed by atoms with van der Waals surface area (Å²) < 4.78 is 7.60. The van der Waals surface area contributed by atoms with Crippen LogP contribution in [0.3, 0.4) is 0 Å². The molecule has 134 valence electrons. The highest BCUT2D eigenvalue weighted by Crippen LogP contribution is 2.23. The molecule has 2 amide bonds. The van der Waals surface area contributed by atoms with E-state index >= 15 is 0 Å². The van der Waals surface area contributed by atoms with Gasteiger partial charge in [0.25, 0.3) is 0 Å². The number of morpholine rings is 1. The van der Waals surface area contributed by atoms with Crippen LogP contribution < -0.4 is 5.32 Å². The van der Waals surface area contributed by atoms with Gasteiger partial charge in [-0.05, 0) is 17.7 Å². The molecule has 3 heterocycles. The zero-order valence-electron chi connectivity index (χ0n) is 15.0. The molecule has 25 heavy (non-hydrogen) atoms. The quantitative estimate of drug-likeness (QED) is 0.920. The van der Waals surface area contributed by atoms with Gasteiger partial charge >= 0.3 is 6.03 Å². The van der Waals surface area contributed by atoms with Crippen molar-refractivity contribution >= 4 is 6.03 Å². The number of carbonyl (C=O) groups excluding carboxylic acids is 1. The zero-order chi connectivity index (χ0) is 17.9. The van der Waals surface area contributed by atoms with E-state index in [1.54, 1.807) is 22.0 Å². The predicted octanol–water partition coefficient (Wildman–Crippen LogP) is 1.88. The largest absolute Gasteiger partial charge is 0.368 e. The summed E-state index contributed by atoms with van der Waals surface area (Å²) >= 11 is 0. The summed E-state index contributed by atoms with van der Waals surface area (Å²) in [7, 11) is 1.88. The highest BCUT2D eigenvalue weighted by atomic mass is 16.5. The summed E-state index contributed by atoms with van der Waals surface area (Å²) in [5.41, 5.74) is 1.90. The number of urea groups is 1. The molecule has 0 aromatic carbocycles. The van der Waals surface area contributed by atoms with Crippen molar-refractivity contribution in [1.29, 1.82) is 0 Å². The van der Waals surface area contributed by atoms with E-state index < -0.39 is 0 Å². The molecule has 1 aliphatic heterocycles. The number of hydrogen-bond acceptors (Lipinski definition) is 4. The first-order chi connectivity index (χ1) is 12.0. The normalized spacial score (nSPS) is 18.2. The topological polar surface area (TPSA) is 72.3 Å². The fourth-order valence-electron chi connectivity index (χ4n) is 2.99. The fraction of sp³-hybridized carbons (Fsp3) is 0.500. The summed E-state index contributed by atoms with van der Waals surface area (Å²) in [4.78, 5) is 18.6. The second-order valence-corrected chi connectivity index (χ2v) is 6.97. The maximum Gasteiger partial charge on any atom is 0.317 e. The van der Waals surface area contributed by atoms with Gasteiger partial charge in [0.1, 0.15) is 6.10 Å². The molecule has 3 rings (SSSR count). The van der Waals surface area contributed by atoms with Crippen molar-refractivity contribution in [2.45, 2.75) is 25.4 Å². The van der Waals surface area contributed by atoms with E-state index in [-0.39, 0.29) is 17.6 Å². The van der Waals surface area contributed by atoms with E-state index in [4.69, 9.17) is 4.74 Å². The molecule has 1 unspecified atom stereocenters. The lowest BCUT2D eigenvalue weighted by Crippen LogP contribution is -2.49. The van der Waals surface area contributed by atoms with Gasteiger partial charge in [-0.3, -0.25) is 9.67 Å². The van der Waals surface area contributed by atoms with Gasteiger partial charge in [-0.15, -0.1) is 0 Å². The van der Waals surface area contributed by atoms with Crippen molar-refractivity contribution in [3.63, 3.8) is 0 Å². The number of nitrogens with one attached hydrogen (secondary N) is 1. The van der Waals surface area contributed by atoms with Gasteiger partial charge in [0.2, 0.25) is 0 Å². The Morgan fingerprint density at radius 2 is 2.24 bits per heavy atom. The van der Waals surface area contributed by atoms with Crippen LogP contribution in [0.2, 0.25) is 0 Å². The zero-order valence-corrected chi connectivity index (χ0v) is 15.0. The van der Waals surface area contributed by atoms with Crippen LogP contribution in [0.15, 0.2) is 36.8 Å². The van der Waals surface area contributed by atoms with Crippen molar-refractivity contribution in [2.24, 2.45) is 7.05 Å². The maximum atomic E-state index is 12.6. The third-order valence-electron chi connectivity index (χ3n) is 4.67. The monoisotopic (exact) mass is 343 g/mol. The number of ether oxygens (including phenoxy) is 1. The smallest absolute Gasteiger partial charge is 0.317 e. The predicted molar refractivity (Wildman–Crippen MR) is 94.1 cm³/mol. The summed E-state index contributed by atoms with van der Waals surface area (Å²) in [6.07, 6.45) is 5.20. The van der Waals surface area contributed by atoms with E-state index in [2.05, 4.69) is 29.2 Å². The van der Waals surface area contributed by atoms with Crippen LogP contribution in [-0.2, 0) is 17.2 Å². The number of nitrogens with zero attached hydrogens (tertiary/aromatic N) is 4. The maximum absolute atomic E-state index is 12.6. The average molecular weight is 343 g/mol. The van der Waals surface area contributed by atoms with Crippen LogP contribution in [0.5, 0.6) is 0 Å². The molecule has 2 aromatic rings. The Bertz CT molecular complexity index is 713. The molecule has 2 aromatic heterocycles. The third kappa shape index (κ3) is 3.99. The molecule has 0 saturated carbocycles. The molecule has 0 aliphatic carbocycles. The van der Waals surface area contributed by atoms with Gasteiger partial charge in [0.05, 0.1) is 18.8 Å². The van der Waals surface area contributed by atoms with Crippen molar-refractivity contribution < 1.29 is 9.53 Å². The van der Waals surface area contributed by atoms with E-state index in [9.17, 15) is 4.79 Å². The minimum atomic E-state index is -0.183. The number of carbonyl (C=O) groups is 1. The van der Waals surface area contributed by atoms with Gasteiger partial charge in [-0.2, -0.15) is 5.10 Å². The third-order valence-corrected chi connectivity index (χ3v) is 4.67. The first-order valence-electron chi connectivity index (χ1n) is 8.50. The lowest BCUT2D eigenvalue weighted by molar-refractivity contribution is -0.0195. The molecular weight excluding hydrogens is 318 g/mol. The Hall–Kier alpha value is -2.41. The van der Waals surface area contributed by atoms with E-state index in [1.165, 1.54) is 0 Å².